The zero-order valence-electron chi connectivity index (χ0n) is 13.1. The van der Waals surface area contributed by atoms with E-state index in [9.17, 15) is 14.0 Å². The van der Waals surface area contributed by atoms with Crippen LogP contribution < -0.4 is 16.4 Å². The normalized spacial score (nSPS) is 11.1. The molecule has 1 aromatic rings. The molecule has 0 spiro atoms. The molecule has 0 aliphatic heterocycles. The monoisotopic (exact) mass is 309 g/mol. The van der Waals surface area contributed by atoms with Crippen LogP contribution in [-0.4, -0.2) is 30.4 Å². The average Bonchev–Trinajstić information content (AvgIpc) is 2.51. The average molecular weight is 309 g/mol. The number of carbonyl (C=O) groups excluding carboxylic acids is 2. The molecule has 0 aliphatic carbocycles. The van der Waals surface area contributed by atoms with Gasteiger partial charge in [0.2, 0.25) is 11.8 Å². The molecule has 0 unspecified atom stereocenters. The summed E-state index contributed by atoms with van der Waals surface area (Å²) < 4.78 is 13.0. The van der Waals surface area contributed by atoms with E-state index < -0.39 is 5.54 Å². The third-order valence-corrected chi connectivity index (χ3v) is 3.85. The summed E-state index contributed by atoms with van der Waals surface area (Å²) in [7, 11) is 0. The third kappa shape index (κ3) is 5.44. The lowest BCUT2D eigenvalue weighted by atomic mass is 9.93. The summed E-state index contributed by atoms with van der Waals surface area (Å²) in [4.78, 5) is 23.7. The first-order chi connectivity index (χ1) is 10.4. The third-order valence-electron chi connectivity index (χ3n) is 3.85. The van der Waals surface area contributed by atoms with Crippen molar-refractivity contribution >= 4 is 11.8 Å². The molecule has 122 valence electrons. The lowest BCUT2D eigenvalue weighted by Crippen LogP contribution is -2.55. The quantitative estimate of drug-likeness (QED) is 0.673. The molecular formula is C16H24FN3O2. The maximum Gasteiger partial charge on any atom is 0.239 e. The highest BCUT2D eigenvalue weighted by atomic mass is 19.1. The molecule has 0 saturated carbocycles. The predicted octanol–water partition coefficient (Wildman–Crippen LogP) is 1.12. The Morgan fingerprint density at radius 1 is 1.23 bits per heavy atom. The molecule has 6 heteroatoms. The van der Waals surface area contributed by atoms with Crippen molar-refractivity contribution in [3.05, 3.63) is 35.6 Å². The predicted molar refractivity (Wildman–Crippen MR) is 83.6 cm³/mol. The first kappa shape index (κ1) is 18.1. The van der Waals surface area contributed by atoms with Crippen molar-refractivity contribution in [3.8, 4) is 0 Å². The summed E-state index contributed by atoms with van der Waals surface area (Å²) in [6.45, 7) is 4.15. The van der Waals surface area contributed by atoms with Gasteiger partial charge in [0.05, 0.1) is 18.5 Å². The van der Waals surface area contributed by atoms with Gasteiger partial charge < -0.3 is 16.4 Å². The van der Waals surface area contributed by atoms with Gasteiger partial charge in [0.25, 0.3) is 0 Å². The Morgan fingerprint density at radius 2 is 1.91 bits per heavy atom. The topological polar surface area (TPSA) is 84.2 Å². The summed E-state index contributed by atoms with van der Waals surface area (Å²) in [6.07, 6.45) is 1.49. The molecule has 0 aromatic heterocycles. The molecular weight excluding hydrogens is 285 g/mol. The van der Waals surface area contributed by atoms with Gasteiger partial charge in [0.15, 0.2) is 0 Å². The number of hydrogen-bond donors (Lipinski definition) is 3. The largest absolute Gasteiger partial charge is 0.348 e. The molecule has 2 amide bonds. The Balaban J connectivity index is 2.45. The van der Waals surface area contributed by atoms with Gasteiger partial charge in [-0.05, 0) is 30.5 Å². The summed E-state index contributed by atoms with van der Waals surface area (Å²) in [5.41, 5.74) is 5.85. The highest BCUT2D eigenvalue weighted by molar-refractivity contribution is 5.86. The summed E-state index contributed by atoms with van der Waals surface area (Å²) >= 11 is 0. The maximum atomic E-state index is 13.0. The SMILES string of the molecule is CCC(CC)(CN)NC(=O)CNC(=O)Cc1cccc(F)c1. The van der Waals surface area contributed by atoms with Crippen LogP contribution in [0.2, 0.25) is 0 Å². The van der Waals surface area contributed by atoms with E-state index in [0.717, 1.165) is 12.8 Å². The molecule has 4 N–H and O–H groups in total. The van der Waals surface area contributed by atoms with Gasteiger partial charge >= 0.3 is 0 Å². The number of halogens is 1. The number of amides is 2. The highest BCUT2D eigenvalue weighted by Gasteiger charge is 2.26. The van der Waals surface area contributed by atoms with Crippen LogP contribution in [-0.2, 0) is 16.0 Å². The van der Waals surface area contributed by atoms with Gasteiger partial charge in [-0.2, -0.15) is 0 Å². The second-order valence-electron chi connectivity index (χ2n) is 5.32. The number of nitrogens with one attached hydrogen (secondary N) is 2. The summed E-state index contributed by atoms with van der Waals surface area (Å²) in [6, 6.07) is 5.82. The van der Waals surface area contributed by atoms with E-state index in [4.69, 9.17) is 5.73 Å². The molecule has 0 radical (unpaired) electrons. The van der Waals surface area contributed by atoms with Crippen molar-refractivity contribution in [2.24, 2.45) is 5.73 Å². The number of carbonyl (C=O) groups is 2. The van der Waals surface area contributed by atoms with Crippen LogP contribution >= 0.6 is 0 Å². The van der Waals surface area contributed by atoms with Crippen LogP contribution in [0.4, 0.5) is 4.39 Å². The Hall–Kier alpha value is -1.95. The van der Waals surface area contributed by atoms with Crippen LogP contribution in [0.5, 0.6) is 0 Å². The molecule has 0 atom stereocenters. The van der Waals surface area contributed by atoms with Crippen LogP contribution in [0.25, 0.3) is 0 Å². The Labute approximate surface area is 130 Å². The lowest BCUT2D eigenvalue weighted by Gasteiger charge is -2.31. The van der Waals surface area contributed by atoms with Gasteiger partial charge in [-0.15, -0.1) is 0 Å². The molecule has 0 heterocycles. The standard InChI is InChI=1S/C16H24FN3O2/c1-3-16(4-2,11-18)20-15(22)10-19-14(21)9-12-6-5-7-13(17)8-12/h5-8H,3-4,9-11,18H2,1-2H3,(H,19,21)(H,20,22). The second kappa shape index (κ2) is 8.48. The minimum Gasteiger partial charge on any atom is -0.348 e. The van der Waals surface area contributed by atoms with Gasteiger partial charge in [-0.25, -0.2) is 4.39 Å². The molecule has 0 saturated heterocycles. The Morgan fingerprint density at radius 3 is 2.45 bits per heavy atom. The minimum absolute atomic E-state index is 0.0363. The van der Waals surface area contributed by atoms with E-state index >= 15 is 0 Å². The first-order valence-corrected chi connectivity index (χ1v) is 7.47. The van der Waals surface area contributed by atoms with Gasteiger partial charge in [0, 0.05) is 6.54 Å². The van der Waals surface area contributed by atoms with Crippen molar-refractivity contribution in [1.82, 2.24) is 10.6 Å². The van der Waals surface area contributed by atoms with Crippen LogP contribution in [0.1, 0.15) is 32.3 Å². The molecule has 0 fully saturated rings. The van der Waals surface area contributed by atoms with Crippen molar-refractivity contribution in [3.63, 3.8) is 0 Å². The van der Waals surface area contributed by atoms with Crippen LogP contribution in [0, 0.1) is 5.82 Å². The van der Waals surface area contributed by atoms with Crippen molar-refractivity contribution in [2.45, 2.75) is 38.6 Å². The highest BCUT2D eigenvalue weighted by Crippen LogP contribution is 2.12. The van der Waals surface area contributed by atoms with E-state index in [0.29, 0.717) is 12.1 Å². The number of rotatable bonds is 8. The molecule has 22 heavy (non-hydrogen) atoms. The molecule has 5 nitrogen and oxygen atoms in total. The van der Waals surface area contributed by atoms with E-state index in [2.05, 4.69) is 10.6 Å². The fraction of sp³-hybridized carbons (Fsp3) is 0.500. The minimum atomic E-state index is -0.426. The summed E-state index contributed by atoms with van der Waals surface area (Å²) in [5.74, 6) is -0.990. The fourth-order valence-electron chi connectivity index (χ4n) is 2.18. The lowest BCUT2D eigenvalue weighted by molar-refractivity contribution is -0.126. The smallest absolute Gasteiger partial charge is 0.239 e. The first-order valence-electron chi connectivity index (χ1n) is 7.47. The number of nitrogens with two attached hydrogens (primary N) is 1. The Bertz CT molecular complexity index is 508. The second-order valence-corrected chi connectivity index (χ2v) is 5.32. The fourth-order valence-corrected chi connectivity index (χ4v) is 2.18. The number of benzene rings is 1. The molecule has 0 aliphatic rings. The van der Waals surface area contributed by atoms with E-state index in [-0.39, 0.29) is 30.6 Å². The van der Waals surface area contributed by atoms with Crippen LogP contribution in [0.3, 0.4) is 0 Å². The molecule has 1 rings (SSSR count). The maximum absolute atomic E-state index is 13.0. The van der Waals surface area contributed by atoms with Gasteiger partial charge in [-0.3, -0.25) is 9.59 Å². The van der Waals surface area contributed by atoms with Crippen LogP contribution in [0.15, 0.2) is 24.3 Å². The Kier molecular flexibility index (Phi) is 6.98. The summed E-state index contributed by atoms with van der Waals surface area (Å²) in [5, 5.41) is 5.40. The zero-order chi connectivity index (χ0) is 16.6. The van der Waals surface area contributed by atoms with Gasteiger partial charge in [-0.1, -0.05) is 26.0 Å². The van der Waals surface area contributed by atoms with Crippen molar-refractivity contribution < 1.29 is 14.0 Å². The molecule has 0 bridgehead atoms. The zero-order valence-corrected chi connectivity index (χ0v) is 13.1. The van der Waals surface area contributed by atoms with Crippen molar-refractivity contribution in [2.75, 3.05) is 13.1 Å². The molecule has 1 aromatic carbocycles. The van der Waals surface area contributed by atoms with E-state index in [1.165, 1.54) is 12.1 Å². The number of hydrogen-bond acceptors (Lipinski definition) is 3. The van der Waals surface area contributed by atoms with Gasteiger partial charge in [0.1, 0.15) is 5.82 Å². The van der Waals surface area contributed by atoms with Crippen molar-refractivity contribution in [1.29, 1.82) is 0 Å². The van der Waals surface area contributed by atoms with E-state index in [1.807, 2.05) is 13.8 Å². The van der Waals surface area contributed by atoms with E-state index in [1.54, 1.807) is 12.1 Å².